The second-order valence-corrected chi connectivity index (χ2v) is 7.21. The van der Waals surface area contributed by atoms with Gasteiger partial charge < -0.3 is 10.0 Å². The molecule has 4 rings (SSSR count). The largest absolute Gasteiger partial charge is 0.392 e. The van der Waals surface area contributed by atoms with Gasteiger partial charge in [0.1, 0.15) is 0 Å². The predicted octanol–water partition coefficient (Wildman–Crippen LogP) is 2.46. The molecule has 7 heteroatoms. The van der Waals surface area contributed by atoms with Gasteiger partial charge in [-0.3, -0.25) is 4.90 Å². The minimum absolute atomic E-state index is 0.0189. The molecule has 25 heavy (non-hydrogen) atoms. The van der Waals surface area contributed by atoms with Crippen LogP contribution in [0.1, 0.15) is 24.1 Å². The molecule has 6 nitrogen and oxygen atoms in total. The summed E-state index contributed by atoms with van der Waals surface area (Å²) < 4.78 is 1.24. The molecule has 0 radical (unpaired) electrons. The molecule has 2 aromatic heterocycles. The van der Waals surface area contributed by atoms with Crippen LogP contribution >= 0.6 is 11.3 Å². The van der Waals surface area contributed by atoms with Crippen molar-refractivity contribution in [3.05, 3.63) is 47.2 Å². The van der Waals surface area contributed by atoms with E-state index in [-0.39, 0.29) is 6.61 Å². The Kier molecular flexibility index (Phi) is 4.61. The summed E-state index contributed by atoms with van der Waals surface area (Å²) >= 11 is 1.68. The maximum absolute atomic E-state index is 9.09. The number of fused-ring (bicyclic) bond motifs is 1. The van der Waals surface area contributed by atoms with Crippen molar-refractivity contribution in [1.29, 1.82) is 0 Å². The summed E-state index contributed by atoms with van der Waals surface area (Å²) in [5.74, 6) is 0.744. The fourth-order valence-corrected chi connectivity index (χ4v) is 3.91. The van der Waals surface area contributed by atoms with Crippen molar-refractivity contribution in [2.45, 2.75) is 19.6 Å². The molecule has 1 fully saturated rings. The normalized spacial score (nSPS) is 17.1. The molecule has 1 aliphatic rings. The lowest BCUT2D eigenvalue weighted by molar-refractivity contribution is 0.198. The number of benzene rings is 1. The highest BCUT2D eigenvalue weighted by Gasteiger charge is 2.23. The van der Waals surface area contributed by atoms with Crippen molar-refractivity contribution in [3.8, 4) is 0 Å². The zero-order valence-corrected chi connectivity index (χ0v) is 15.0. The Morgan fingerprint density at radius 1 is 1.12 bits per heavy atom. The molecule has 1 N–H and O–H groups in total. The first kappa shape index (κ1) is 16.4. The predicted molar refractivity (Wildman–Crippen MR) is 99.8 cm³/mol. The summed E-state index contributed by atoms with van der Waals surface area (Å²) in [5, 5.41) is 9.09. The average Bonchev–Trinajstić information content (AvgIpc) is 3.15. The van der Waals surface area contributed by atoms with E-state index in [2.05, 4.69) is 49.9 Å². The Balaban J connectivity index is 1.41. The summed E-state index contributed by atoms with van der Waals surface area (Å²) in [6.07, 6.45) is 3.39. The van der Waals surface area contributed by atoms with Gasteiger partial charge in [0, 0.05) is 50.2 Å². The maximum Gasteiger partial charge on any atom is 0.225 e. The minimum Gasteiger partial charge on any atom is -0.392 e. The Morgan fingerprint density at radius 2 is 1.88 bits per heavy atom. The summed E-state index contributed by atoms with van der Waals surface area (Å²) in [5.41, 5.74) is 5.05. The Hall–Kier alpha value is -2.09. The number of aliphatic hydroxyl groups excluding tert-OH is 1. The van der Waals surface area contributed by atoms with Crippen LogP contribution in [0, 0.1) is 0 Å². The van der Waals surface area contributed by atoms with Gasteiger partial charge in [-0.15, -0.1) is 11.3 Å². The first-order valence-corrected chi connectivity index (χ1v) is 9.36. The van der Waals surface area contributed by atoms with E-state index in [1.807, 2.05) is 5.51 Å². The van der Waals surface area contributed by atoms with E-state index in [0.717, 1.165) is 43.2 Å². The number of nitrogens with zero attached hydrogens (tertiary/aromatic N) is 5. The van der Waals surface area contributed by atoms with Crippen LogP contribution in [-0.2, 0) is 6.61 Å². The molecule has 0 saturated carbocycles. The standard InChI is InChI=1S/C18H21N5OS/c1-13(15-2-3-17-16(8-15)21-12-25-17)22-4-6-23(7-5-22)18-19-9-14(11-24)10-20-18/h2-3,8-10,12-13,24H,4-7,11H2,1H3. The van der Waals surface area contributed by atoms with Gasteiger partial charge in [0.2, 0.25) is 5.95 Å². The summed E-state index contributed by atoms with van der Waals surface area (Å²) in [4.78, 5) is 17.8. The van der Waals surface area contributed by atoms with Crippen LogP contribution in [0.15, 0.2) is 36.1 Å². The van der Waals surface area contributed by atoms with Gasteiger partial charge in [0.15, 0.2) is 0 Å². The fraction of sp³-hybridized carbons (Fsp3) is 0.389. The number of aromatic nitrogens is 3. The first-order valence-electron chi connectivity index (χ1n) is 8.48. The van der Waals surface area contributed by atoms with E-state index in [4.69, 9.17) is 5.11 Å². The molecule has 1 atom stereocenters. The summed E-state index contributed by atoms with van der Waals surface area (Å²) in [6.45, 7) is 6.00. The highest BCUT2D eigenvalue weighted by atomic mass is 32.1. The van der Waals surface area contributed by atoms with E-state index in [9.17, 15) is 0 Å². The molecule has 0 amide bonds. The van der Waals surface area contributed by atoms with E-state index in [0.29, 0.717) is 6.04 Å². The molecular weight excluding hydrogens is 334 g/mol. The number of hydrogen-bond donors (Lipinski definition) is 1. The molecule has 0 aliphatic carbocycles. The molecule has 1 saturated heterocycles. The smallest absolute Gasteiger partial charge is 0.225 e. The van der Waals surface area contributed by atoms with Gasteiger partial charge in [0.05, 0.1) is 22.3 Å². The Morgan fingerprint density at radius 3 is 2.60 bits per heavy atom. The monoisotopic (exact) mass is 355 g/mol. The van der Waals surface area contributed by atoms with E-state index in [1.54, 1.807) is 23.7 Å². The number of anilines is 1. The van der Waals surface area contributed by atoms with Gasteiger partial charge in [0.25, 0.3) is 0 Å². The topological polar surface area (TPSA) is 65.4 Å². The number of thiazole rings is 1. The highest BCUT2D eigenvalue weighted by Crippen LogP contribution is 2.26. The number of hydrogen-bond acceptors (Lipinski definition) is 7. The zero-order valence-electron chi connectivity index (χ0n) is 14.2. The molecule has 1 unspecified atom stereocenters. The van der Waals surface area contributed by atoms with Crippen LogP contribution in [0.2, 0.25) is 0 Å². The quantitative estimate of drug-likeness (QED) is 0.776. The molecule has 0 spiro atoms. The molecular formula is C18H21N5OS. The van der Waals surface area contributed by atoms with Crippen LogP contribution in [0.5, 0.6) is 0 Å². The van der Waals surface area contributed by atoms with Crippen LogP contribution in [0.4, 0.5) is 5.95 Å². The average molecular weight is 355 g/mol. The lowest BCUT2D eigenvalue weighted by Gasteiger charge is -2.38. The lowest BCUT2D eigenvalue weighted by Crippen LogP contribution is -2.47. The molecule has 1 aromatic carbocycles. The van der Waals surface area contributed by atoms with Crippen LogP contribution in [0.3, 0.4) is 0 Å². The second kappa shape index (κ2) is 7.03. The van der Waals surface area contributed by atoms with Crippen LogP contribution in [-0.4, -0.2) is 51.1 Å². The zero-order chi connectivity index (χ0) is 17.2. The van der Waals surface area contributed by atoms with Crippen molar-refractivity contribution < 1.29 is 5.11 Å². The number of rotatable bonds is 4. The van der Waals surface area contributed by atoms with Gasteiger partial charge in [-0.2, -0.15) is 0 Å². The third-order valence-corrected chi connectivity index (χ3v) is 5.67. The van der Waals surface area contributed by atoms with Gasteiger partial charge in [-0.05, 0) is 24.6 Å². The highest BCUT2D eigenvalue weighted by molar-refractivity contribution is 7.16. The Bertz CT molecular complexity index is 842. The van der Waals surface area contributed by atoms with Crippen molar-refractivity contribution >= 4 is 27.5 Å². The van der Waals surface area contributed by atoms with Crippen LogP contribution in [0.25, 0.3) is 10.2 Å². The molecule has 3 heterocycles. The molecule has 1 aliphatic heterocycles. The first-order chi connectivity index (χ1) is 12.2. The molecule has 0 bridgehead atoms. The van der Waals surface area contributed by atoms with E-state index >= 15 is 0 Å². The van der Waals surface area contributed by atoms with Crippen molar-refractivity contribution in [2.24, 2.45) is 0 Å². The molecule has 130 valence electrons. The summed E-state index contributed by atoms with van der Waals surface area (Å²) in [6, 6.07) is 6.96. The van der Waals surface area contributed by atoms with Crippen molar-refractivity contribution in [1.82, 2.24) is 19.9 Å². The van der Waals surface area contributed by atoms with Gasteiger partial charge in [-0.25, -0.2) is 15.0 Å². The van der Waals surface area contributed by atoms with Crippen molar-refractivity contribution in [3.63, 3.8) is 0 Å². The lowest BCUT2D eigenvalue weighted by atomic mass is 10.1. The summed E-state index contributed by atoms with van der Waals surface area (Å²) in [7, 11) is 0. The third-order valence-electron chi connectivity index (χ3n) is 4.86. The second-order valence-electron chi connectivity index (χ2n) is 6.33. The Labute approximate surface area is 150 Å². The van der Waals surface area contributed by atoms with E-state index < -0.39 is 0 Å². The van der Waals surface area contributed by atoms with Crippen molar-refractivity contribution in [2.75, 3.05) is 31.1 Å². The number of piperazine rings is 1. The fourth-order valence-electron chi connectivity index (χ4n) is 3.25. The van der Waals surface area contributed by atoms with Gasteiger partial charge in [-0.1, -0.05) is 6.07 Å². The SMILES string of the molecule is CC(c1ccc2scnc2c1)N1CCN(c2ncc(CO)cn2)CC1. The minimum atomic E-state index is -0.0189. The van der Waals surface area contributed by atoms with Crippen LogP contribution < -0.4 is 4.90 Å². The number of aliphatic hydroxyl groups is 1. The van der Waals surface area contributed by atoms with E-state index in [1.165, 1.54) is 10.3 Å². The maximum atomic E-state index is 9.09. The third kappa shape index (κ3) is 3.35. The van der Waals surface area contributed by atoms with Gasteiger partial charge >= 0.3 is 0 Å². The molecule has 3 aromatic rings.